The molecule has 1 amide bonds. The number of furan rings is 1. The van der Waals surface area contributed by atoms with Crippen LogP contribution in [0.3, 0.4) is 0 Å². The van der Waals surface area contributed by atoms with Crippen molar-refractivity contribution in [2.45, 2.75) is 25.8 Å². The number of nitrogens with zero attached hydrogens (tertiary/aromatic N) is 2. The van der Waals surface area contributed by atoms with Gasteiger partial charge in [0.05, 0.1) is 19.4 Å². The van der Waals surface area contributed by atoms with Gasteiger partial charge in [-0.2, -0.15) is 0 Å². The highest BCUT2D eigenvalue weighted by Crippen LogP contribution is 2.20. The molecule has 0 unspecified atom stereocenters. The predicted molar refractivity (Wildman–Crippen MR) is 96.1 cm³/mol. The van der Waals surface area contributed by atoms with Crippen LogP contribution in [0.5, 0.6) is 0 Å². The molecule has 3 heterocycles. The zero-order chi connectivity index (χ0) is 17.5. The summed E-state index contributed by atoms with van der Waals surface area (Å²) in [5, 5.41) is 3.20. The first-order valence-electron chi connectivity index (χ1n) is 9.48. The molecule has 0 spiro atoms. The van der Waals surface area contributed by atoms with Crippen molar-refractivity contribution < 1.29 is 13.9 Å². The zero-order valence-corrected chi connectivity index (χ0v) is 15.3. The molecule has 3 rings (SSSR count). The van der Waals surface area contributed by atoms with Crippen LogP contribution < -0.4 is 5.32 Å². The van der Waals surface area contributed by atoms with Gasteiger partial charge in [-0.05, 0) is 56.9 Å². The molecule has 6 heteroatoms. The van der Waals surface area contributed by atoms with Crippen molar-refractivity contribution in [1.82, 2.24) is 15.1 Å². The molecule has 1 atom stereocenters. The van der Waals surface area contributed by atoms with Crippen LogP contribution in [0.25, 0.3) is 0 Å². The lowest BCUT2D eigenvalue weighted by molar-refractivity contribution is -0.126. The van der Waals surface area contributed by atoms with Crippen LogP contribution in [0, 0.1) is 11.8 Å². The molecule has 0 radical (unpaired) electrons. The molecule has 1 aromatic rings. The Labute approximate surface area is 150 Å². The summed E-state index contributed by atoms with van der Waals surface area (Å²) in [6.07, 6.45) is 4.77. The largest absolute Gasteiger partial charge is 0.468 e. The Morgan fingerprint density at radius 2 is 2.08 bits per heavy atom. The van der Waals surface area contributed by atoms with Crippen molar-refractivity contribution in [3.05, 3.63) is 24.2 Å². The normalized spacial score (nSPS) is 23.2. The van der Waals surface area contributed by atoms with Gasteiger partial charge in [0.25, 0.3) is 0 Å². The van der Waals surface area contributed by atoms with Crippen LogP contribution in [-0.2, 0) is 16.1 Å². The van der Waals surface area contributed by atoms with E-state index in [4.69, 9.17) is 9.15 Å². The average molecular weight is 349 g/mol. The first-order valence-corrected chi connectivity index (χ1v) is 9.48. The van der Waals surface area contributed by atoms with Crippen molar-refractivity contribution in [2.24, 2.45) is 11.8 Å². The molecule has 0 aliphatic carbocycles. The number of rotatable bonds is 8. The Balaban J connectivity index is 1.32. The van der Waals surface area contributed by atoms with Crippen LogP contribution in [0.2, 0.25) is 0 Å². The van der Waals surface area contributed by atoms with Crippen molar-refractivity contribution in [1.29, 1.82) is 0 Å². The summed E-state index contributed by atoms with van der Waals surface area (Å²) in [5.41, 5.74) is 0. The number of hydrogen-bond donors (Lipinski definition) is 1. The minimum atomic E-state index is 0.166. The topological polar surface area (TPSA) is 58.0 Å². The fraction of sp³-hybridized carbons (Fsp3) is 0.737. The highest BCUT2D eigenvalue weighted by atomic mass is 16.5. The highest BCUT2D eigenvalue weighted by Gasteiger charge is 2.27. The number of likely N-dealkylation sites (tertiary alicyclic amines) is 2. The number of amides is 1. The Bertz CT molecular complexity index is 512. The maximum absolute atomic E-state index is 12.5. The predicted octanol–water partition coefficient (Wildman–Crippen LogP) is 1.58. The molecule has 0 saturated carbocycles. The number of methoxy groups -OCH3 is 1. The van der Waals surface area contributed by atoms with Gasteiger partial charge in [0.1, 0.15) is 5.76 Å². The smallest absolute Gasteiger partial charge is 0.223 e. The summed E-state index contributed by atoms with van der Waals surface area (Å²) in [5.74, 6) is 1.99. The van der Waals surface area contributed by atoms with Gasteiger partial charge in [-0.3, -0.25) is 9.69 Å². The molecular weight excluding hydrogens is 318 g/mol. The summed E-state index contributed by atoms with van der Waals surface area (Å²) in [7, 11) is 1.74. The number of ether oxygens (including phenoxy) is 1. The summed E-state index contributed by atoms with van der Waals surface area (Å²) in [6.45, 7) is 7.57. The van der Waals surface area contributed by atoms with E-state index in [1.165, 1.54) is 6.42 Å². The molecule has 140 valence electrons. The maximum Gasteiger partial charge on any atom is 0.223 e. The molecule has 1 N–H and O–H groups in total. The second kappa shape index (κ2) is 9.36. The summed E-state index contributed by atoms with van der Waals surface area (Å²) in [6, 6.07) is 3.94. The summed E-state index contributed by atoms with van der Waals surface area (Å²) < 4.78 is 10.5. The van der Waals surface area contributed by atoms with E-state index < -0.39 is 0 Å². The number of piperidine rings is 1. The van der Waals surface area contributed by atoms with Gasteiger partial charge in [0.15, 0.2) is 0 Å². The van der Waals surface area contributed by atoms with E-state index in [2.05, 4.69) is 15.1 Å². The van der Waals surface area contributed by atoms with Gasteiger partial charge in [-0.15, -0.1) is 0 Å². The monoisotopic (exact) mass is 349 g/mol. The van der Waals surface area contributed by atoms with Crippen molar-refractivity contribution in [3.8, 4) is 0 Å². The lowest BCUT2D eigenvalue weighted by Crippen LogP contribution is -2.41. The van der Waals surface area contributed by atoms with Crippen molar-refractivity contribution in [3.63, 3.8) is 0 Å². The minimum absolute atomic E-state index is 0.166. The van der Waals surface area contributed by atoms with Crippen LogP contribution in [-0.4, -0.2) is 68.7 Å². The molecule has 2 fully saturated rings. The van der Waals surface area contributed by atoms with Crippen LogP contribution in [0.1, 0.15) is 25.0 Å². The van der Waals surface area contributed by atoms with Gasteiger partial charge in [0.2, 0.25) is 5.91 Å². The SMILES string of the molecule is COCCN1CC[C@H](CNC(=O)C2CCN(Cc3ccco3)CC2)C1. The minimum Gasteiger partial charge on any atom is -0.468 e. The standard InChI is InChI=1S/C19H31N3O3/c1-24-12-10-22-7-4-16(14-22)13-20-19(23)17-5-8-21(9-6-17)15-18-3-2-11-25-18/h2-3,11,16-17H,4-10,12-15H2,1H3,(H,20,23)/t16-/m1/s1. The Morgan fingerprint density at radius 3 is 2.80 bits per heavy atom. The molecule has 0 aromatic carbocycles. The second-order valence-electron chi connectivity index (χ2n) is 7.32. The molecular formula is C19H31N3O3. The third-order valence-corrected chi connectivity index (χ3v) is 5.46. The lowest BCUT2D eigenvalue weighted by Gasteiger charge is -2.30. The third kappa shape index (κ3) is 5.56. The van der Waals surface area contributed by atoms with Crippen LogP contribution in [0.15, 0.2) is 22.8 Å². The Hall–Kier alpha value is -1.37. The summed E-state index contributed by atoms with van der Waals surface area (Å²) in [4.78, 5) is 17.2. The van der Waals surface area contributed by atoms with E-state index in [0.29, 0.717) is 5.92 Å². The zero-order valence-electron chi connectivity index (χ0n) is 15.3. The second-order valence-corrected chi connectivity index (χ2v) is 7.32. The fourth-order valence-corrected chi connectivity index (χ4v) is 3.87. The van der Waals surface area contributed by atoms with E-state index in [1.807, 2.05) is 12.1 Å². The van der Waals surface area contributed by atoms with Gasteiger partial charge < -0.3 is 19.4 Å². The van der Waals surface area contributed by atoms with Gasteiger partial charge in [-0.25, -0.2) is 0 Å². The Kier molecular flexibility index (Phi) is 6.90. The maximum atomic E-state index is 12.5. The molecule has 0 bridgehead atoms. The van der Waals surface area contributed by atoms with E-state index >= 15 is 0 Å². The van der Waals surface area contributed by atoms with E-state index in [1.54, 1.807) is 13.4 Å². The highest BCUT2D eigenvalue weighted by molar-refractivity contribution is 5.78. The summed E-state index contributed by atoms with van der Waals surface area (Å²) >= 11 is 0. The van der Waals surface area contributed by atoms with E-state index in [-0.39, 0.29) is 11.8 Å². The van der Waals surface area contributed by atoms with Crippen molar-refractivity contribution in [2.75, 3.05) is 53.0 Å². The van der Waals surface area contributed by atoms with E-state index in [9.17, 15) is 4.79 Å². The molecule has 2 aliphatic rings. The first kappa shape index (κ1) is 18.4. The van der Waals surface area contributed by atoms with Gasteiger partial charge >= 0.3 is 0 Å². The number of hydrogen-bond acceptors (Lipinski definition) is 5. The van der Waals surface area contributed by atoms with Gasteiger partial charge in [0, 0.05) is 32.7 Å². The first-order chi connectivity index (χ1) is 12.2. The molecule has 2 aliphatic heterocycles. The molecule has 1 aromatic heterocycles. The Morgan fingerprint density at radius 1 is 1.28 bits per heavy atom. The van der Waals surface area contributed by atoms with Crippen molar-refractivity contribution >= 4 is 5.91 Å². The van der Waals surface area contributed by atoms with Crippen LogP contribution >= 0.6 is 0 Å². The lowest BCUT2D eigenvalue weighted by atomic mass is 9.95. The van der Waals surface area contributed by atoms with Crippen LogP contribution in [0.4, 0.5) is 0 Å². The molecule has 25 heavy (non-hydrogen) atoms. The number of carbonyl (C=O) groups excluding carboxylic acids is 1. The molecule has 6 nitrogen and oxygen atoms in total. The quantitative estimate of drug-likeness (QED) is 0.772. The molecule has 2 saturated heterocycles. The number of carbonyl (C=O) groups is 1. The number of nitrogens with one attached hydrogen (secondary N) is 1. The average Bonchev–Trinajstić information content (AvgIpc) is 3.30. The third-order valence-electron chi connectivity index (χ3n) is 5.46. The van der Waals surface area contributed by atoms with E-state index in [0.717, 1.165) is 71.0 Å². The van der Waals surface area contributed by atoms with Gasteiger partial charge in [-0.1, -0.05) is 0 Å². The fourth-order valence-electron chi connectivity index (χ4n) is 3.87.